The Bertz CT molecular complexity index is 403. The number of nitrogens with one attached hydrogen (secondary N) is 4. The van der Waals surface area contributed by atoms with Crippen LogP contribution in [0, 0.1) is 0 Å². The summed E-state index contributed by atoms with van der Waals surface area (Å²) in [5, 5.41) is 29.8. The van der Waals surface area contributed by atoms with Gasteiger partial charge in [-0.3, -0.25) is 10.5 Å². The molecule has 0 aromatic rings. The average molecular weight is 241 g/mol. The summed E-state index contributed by atoms with van der Waals surface area (Å²) in [5.41, 5.74) is 6.18. The Morgan fingerprint density at radius 3 is 2.76 bits per heavy atom. The maximum atomic E-state index is 11.5. The lowest BCUT2D eigenvalue weighted by Crippen LogP contribution is -2.60. The average Bonchev–Trinajstić information content (AvgIpc) is 2.26. The van der Waals surface area contributed by atoms with Crippen molar-refractivity contribution in [2.24, 2.45) is 5.73 Å². The van der Waals surface area contributed by atoms with Crippen molar-refractivity contribution in [2.45, 2.75) is 25.4 Å². The van der Waals surface area contributed by atoms with Crippen molar-refractivity contribution in [2.75, 3.05) is 0 Å². The Morgan fingerprint density at radius 2 is 2.12 bits per heavy atom. The van der Waals surface area contributed by atoms with Gasteiger partial charge in [0.25, 0.3) is 5.91 Å². The molecule has 0 aromatic heterocycles. The Labute approximate surface area is 97.6 Å². The van der Waals surface area contributed by atoms with Gasteiger partial charge < -0.3 is 31.5 Å². The summed E-state index contributed by atoms with van der Waals surface area (Å²) in [4.78, 5) is 11.5. The van der Waals surface area contributed by atoms with Crippen LogP contribution >= 0.6 is 0 Å². The lowest BCUT2D eigenvalue weighted by atomic mass is 10.1. The number of hydrogen-bond donors (Lipinski definition) is 7. The summed E-state index contributed by atoms with van der Waals surface area (Å²) in [6, 6.07) is 0. The van der Waals surface area contributed by atoms with Crippen LogP contribution in [0.4, 0.5) is 0 Å². The zero-order chi connectivity index (χ0) is 12.6. The zero-order valence-electron chi connectivity index (χ0n) is 9.19. The van der Waals surface area contributed by atoms with Crippen molar-refractivity contribution >= 4 is 5.91 Å². The lowest BCUT2D eigenvalue weighted by Gasteiger charge is -2.32. The van der Waals surface area contributed by atoms with E-state index < -0.39 is 18.5 Å². The topological polar surface area (TPSA) is 132 Å². The van der Waals surface area contributed by atoms with Gasteiger partial charge in [-0.2, -0.15) is 0 Å². The summed E-state index contributed by atoms with van der Waals surface area (Å²) in [5.74, 6) is 0.0269. The number of nitrogens with two attached hydrogens (primary N) is 1. The second-order valence-electron chi connectivity index (χ2n) is 3.90. The van der Waals surface area contributed by atoms with E-state index in [1.165, 1.54) is 13.1 Å². The highest BCUT2D eigenvalue weighted by Crippen LogP contribution is 2.13. The molecule has 0 saturated heterocycles. The maximum Gasteiger partial charge on any atom is 0.274 e. The molecule has 0 bridgehead atoms. The van der Waals surface area contributed by atoms with Crippen molar-refractivity contribution in [1.82, 2.24) is 21.3 Å². The maximum absolute atomic E-state index is 11.5. The molecule has 0 saturated carbocycles. The van der Waals surface area contributed by atoms with Crippen LogP contribution in [0.2, 0.25) is 0 Å². The van der Waals surface area contributed by atoms with Gasteiger partial charge in [-0.05, 0) is 6.92 Å². The number of amides is 1. The van der Waals surface area contributed by atoms with E-state index in [4.69, 9.17) is 5.73 Å². The van der Waals surface area contributed by atoms with Crippen LogP contribution in [0.3, 0.4) is 0 Å². The van der Waals surface area contributed by atoms with Gasteiger partial charge in [0, 0.05) is 6.20 Å². The van der Waals surface area contributed by atoms with E-state index in [0.29, 0.717) is 11.5 Å². The highest BCUT2D eigenvalue weighted by molar-refractivity contribution is 5.94. The van der Waals surface area contributed by atoms with Crippen molar-refractivity contribution in [3.63, 3.8) is 0 Å². The molecule has 94 valence electrons. The standard InChI is InChI=1S/C9H15N5O3/c1-3(15)6(16)4-2-11-5-7(12-4)13-9(10)14-8(5)17/h2-3,6,9,11-13,15-16H,10H2,1H3,(H,14,17). The Balaban J connectivity index is 2.15. The summed E-state index contributed by atoms with van der Waals surface area (Å²) in [7, 11) is 0. The molecular weight excluding hydrogens is 226 g/mol. The third kappa shape index (κ3) is 2.18. The number of aliphatic hydroxyl groups is 2. The zero-order valence-corrected chi connectivity index (χ0v) is 9.19. The fourth-order valence-electron chi connectivity index (χ4n) is 1.58. The first-order valence-corrected chi connectivity index (χ1v) is 5.16. The monoisotopic (exact) mass is 241 g/mol. The Kier molecular flexibility index (Phi) is 2.92. The molecule has 3 atom stereocenters. The lowest BCUT2D eigenvalue weighted by molar-refractivity contribution is -0.119. The van der Waals surface area contributed by atoms with E-state index >= 15 is 0 Å². The van der Waals surface area contributed by atoms with Gasteiger partial charge in [-0.1, -0.05) is 0 Å². The van der Waals surface area contributed by atoms with E-state index in [1.54, 1.807) is 0 Å². The molecule has 2 aliphatic rings. The molecule has 3 unspecified atom stereocenters. The second-order valence-corrected chi connectivity index (χ2v) is 3.90. The van der Waals surface area contributed by atoms with Crippen LogP contribution < -0.4 is 27.0 Å². The van der Waals surface area contributed by atoms with Crippen molar-refractivity contribution in [3.8, 4) is 0 Å². The first-order chi connectivity index (χ1) is 7.99. The van der Waals surface area contributed by atoms with Crippen molar-refractivity contribution in [1.29, 1.82) is 0 Å². The van der Waals surface area contributed by atoms with Crippen LogP contribution in [0.15, 0.2) is 23.4 Å². The first-order valence-electron chi connectivity index (χ1n) is 5.16. The van der Waals surface area contributed by atoms with Gasteiger partial charge in [0.05, 0.1) is 11.8 Å². The summed E-state index contributed by atoms with van der Waals surface area (Å²) < 4.78 is 0. The van der Waals surface area contributed by atoms with Crippen LogP contribution in [0.25, 0.3) is 0 Å². The minimum atomic E-state index is -1.07. The molecule has 0 spiro atoms. The van der Waals surface area contributed by atoms with E-state index in [1.807, 2.05) is 0 Å². The number of aliphatic hydroxyl groups excluding tert-OH is 2. The molecule has 0 fully saturated rings. The summed E-state index contributed by atoms with van der Waals surface area (Å²) in [6.07, 6.45) is -1.27. The number of carbonyl (C=O) groups excluding carboxylic acids is 1. The minimum Gasteiger partial charge on any atom is -0.390 e. The minimum absolute atomic E-state index is 0.285. The van der Waals surface area contributed by atoms with Gasteiger partial charge in [0.1, 0.15) is 17.6 Å². The van der Waals surface area contributed by atoms with Crippen LogP contribution in [-0.4, -0.2) is 34.6 Å². The smallest absolute Gasteiger partial charge is 0.274 e. The van der Waals surface area contributed by atoms with Gasteiger partial charge in [-0.15, -0.1) is 0 Å². The number of hydrogen-bond acceptors (Lipinski definition) is 7. The molecule has 2 aliphatic heterocycles. The third-order valence-corrected chi connectivity index (χ3v) is 2.48. The highest BCUT2D eigenvalue weighted by Gasteiger charge is 2.29. The first kappa shape index (κ1) is 11.7. The van der Waals surface area contributed by atoms with Crippen molar-refractivity contribution in [3.05, 3.63) is 23.4 Å². The molecule has 1 amide bonds. The molecule has 8 heteroatoms. The Morgan fingerprint density at radius 1 is 1.41 bits per heavy atom. The molecule has 0 aromatic carbocycles. The van der Waals surface area contributed by atoms with E-state index in [0.717, 1.165) is 0 Å². The van der Waals surface area contributed by atoms with E-state index in [2.05, 4.69) is 21.3 Å². The number of rotatable bonds is 2. The normalized spacial score (nSPS) is 26.7. The molecule has 2 heterocycles. The van der Waals surface area contributed by atoms with Crippen molar-refractivity contribution < 1.29 is 15.0 Å². The largest absolute Gasteiger partial charge is 0.390 e. The predicted octanol–water partition coefficient (Wildman–Crippen LogP) is -3.11. The quantitative estimate of drug-likeness (QED) is 0.272. The number of carbonyl (C=O) groups is 1. The van der Waals surface area contributed by atoms with Crippen LogP contribution in [-0.2, 0) is 4.79 Å². The van der Waals surface area contributed by atoms with Crippen LogP contribution in [0.1, 0.15) is 6.92 Å². The molecule has 2 rings (SSSR count). The summed E-state index contributed by atoms with van der Waals surface area (Å²) >= 11 is 0. The third-order valence-electron chi connectivity index (χ3n) is 2.48. The Hall–Kier alpha value is -1.77. The molecule has 0 radical (unpaired) electrons. The molecule has 8 N–H and O–H groups in total. The molecule has 8 nitrogen and oxygen atoms in total. The molecule has 0 aliphatic carbocycles. The SMILES string of the molecule is CC(O)C(O)C1=CNC2=C(N1)NC(N)NC2=O. The van der Waals surface area contributed by atoms with E-state index in [9.17, 15) is 15.0 Å². The molecular formula is C9H15N5O3. The second kappa shape index (κ2) is 4.24. The van der Waals surface area contributed by atoms with E-state index in [-0.39, 0.29) is 11.6 Å². The van der Waals surface area contributed by atoms with Gasteiger partial charge in [0.2, 0.25) is 0 Å². The van der Waals surface area contributed by atoms with Crippen LogP contribution in [0.5, 0.6) is 0 Å². The highest BCUT2D eigenvalue weighted by atomic mass is 16.3. The fraction of sp³-hybridized carbons (Fsp3) is 0.444. The van der Waals surface area contributed by atoms with Gasteiger partial charge in [-0.25, -0.2) is 0 Å². The summed E-state index contributed by atoms with van der Waals surface area (Å²) in [6.45, 7) is 1.46. The van der Waals surface area contributed by atoms with Gasteiger partial charge in [0.15, 0.2) is 6.29 Å². The van der Waals surface area contributed by atoms with Gasteiger partial charge >= 0.3 is 0 Å². The fourth-order valence-corrected chi connectivity index (χ4v) is 1.58. The predicted molar refractivity (Wildman–Crippen MR) is 58.3 cm³/mol. The molecule has 17 heavy (non-hydrogen) atoms.